The summed E-state index contributed by atoms with van der Waals surface area (Å²) in [6, 6.07) is 18.4. The van der Waals surface area contributed by atoms with Crippen LogP contribution in [-0.4, -0.2) is 30.4 Å². The van der Waals surface area contributed by atoms with Crippen molar-refractivity contribution in [1.29, 1.82) is 5.26 Å². The molecule has 1 aliphatic heterocycles. The Morgan fingerprint density at radius 3 is 2.54 bits per heavy atom. The molecule has 0 spiro atoms. The second kappa shape index (κ2) is 10.1. The lowest BCUT2D eigenvalue weighted by Gasteiger charge is -2.31. The van der Waals surface area contributed by atoms with E-state index in [9.17, 15) is 10.1 Å². The number of likely N-dealkylation sites (tertiary alicyclic amines) is 1. The second-order valence-electron chi connectivity index (χ2n) is 7.55. The number of piperidine rings is 1. The number of unbranched alkanes of at least 4 members (excludes halogenated alkanes) is 1. The van der Waals surface area contributed by atoms with Crippen molar-refractivity contribution in [3.05, 3.63) is 59.7 Å². The fourth-order valence-corrected chi connectivity index (χ4v) is 3.77. The van der Waals surface area contributed by atoms with Gasteiger partial charge in [0.15, 0.2) is 0 Å². The summed E-state index contributed by atoms with van der Waals surface area (Å²) in [5.74, 6) is 0.395. The van der Waals surface area contributed by atoms with Crippen molar-refractivity contribution in [1.82, 2.24) is 10.2 Å². The molecule has 1 saturated heterocycles. The summed E-state index contributed by atoms with van der Waals surface area (Å²) >= 11 is 0. The molecule has 0 saturated carbocycles. The normalized spacial score (nSPS) is 15.1. The smallest absolute Gasteiger partial charge is 0.223 e. The van der Waals surface area contributed by atoms with E-state index in [1.54, 1.807) is 0 Å². The molecule has 0 radical (unpaired) electrons. The minimum Gasteiger partial charge on any atom is -0.356 e. The summed E-state index contributed by atoms with van der Waals surface area (Å²) in [5, 5.41) is 12.4. The first-order valence-corrected chi connectivity index (χ1v) is 10.3. The lowest BCUT2D eigenvalue weighted by Crippen LogP contribution is -2.40. The number of carbonyl (C=O) groups excluding carboxylic acids is 1. The molecule has 2 aromatic carbocycles. The van der Waals surface area contributed by atoms with Gasteiger partial charge in [-0.15, -0.1) is 0 Å². The number of hydrogen-bond acceptors (Lipinski definition) is 3. The van der Waals surface area contributed by atoms with Crippen LogP contribution >= 0.6 is 0 Å². The number of hydrogen-bond donors (Lipinski definition) is 1. The largest absolute Gasteiger partial charge is 0.356 e. The van der Waals surface area contributed by atoms with Crippen molar-refractivity contribution in [2.45, 2.75) is 39.2 Å². The first-order chi connectivity index (χ1) is 13.7. The number of benzene rings is 2. The number of carbonyl (C=O) groups is 1. The van der Waals surface area contributed by atoms with E-state index in [2.05, 4.69) is 47.5 Å². The van der Waals surface area contributed by atoms with Gasteiger partial charge in [-0.2, -0.15) is 5.26 Å². The molecule has 0 aromatic heterocycles. The Balaban J connectivity index is 1.52. The Hall–Kier alpha value is -2.64. The average molecular weight is 376 g/mol. The molecule has 2 aromatic rings. The van der Waals surface area contributed by atoms with Gasteiger partial charge in [-0.1, -0.05) is 55.8 Å². The van der Waals surface area contributed by atoms with Crippen LogP contribution in [0.15, 0.2) is 48.5 Å². The third kappa shape index (κ3) is 5.21. The number of nitriles is 1. The van der Waals surface area contributed by atoms with Crippen molar-refractivity contribution in [3.63, 3.8) is 0 Å². The predicted octanol–water partition coefficient (Wildman–Crippen LogP) is 4.35. The van der Waals surface area contributed by atoms with E-state index in [1.807, 2.05) is 24.3 Å². The fourth-order valence-electron chi connectivity index (χ4n) is 3.77. The van der Waals surface area contributed by atoms with Gasteiger partial charge < -0.3 is 5.32 Å². The minimum absolute atomic E-state index is 0.165. The third-order valence-corrected chi connectivity index (χ3v) is 5.51. The highest BCUT2D eigenvalue weighted by Gasteiger charge is 2.24. The van der Waals surface area contributed by atoms with E-state index in [0.29, 0.717) is 5.56 Å². The standard InChI is InChI=1S/C24H29N3O/c1-2-3-14-26-24(28)21-12-15-27(16-13-21)18-19-8-10-20(11-9-19)23-7-5-4-6-22(23)17-25/h4-11,21H,2-3,12-16,18H2,1H3,(H,26,28). The maximum absolute atomic E-state index is 12.2. The first-order valence-electron chi connectivity index (χ1n) is 10.3. The zero-order chi connectivity index (χ0) is 19.8. The van der Waals surface area contributed by atoms with E-state index < -0.39 is 0 Å². The quantitative estimate of drug-likeness (QED) is 0.732. The summed E-state index contributed by atoms with van der Waals surface area (Å²) in [6.45, 7) is 5.77. The summed E-state index contributed by atoms with van der Waals surface area (Å²) in [6.07, 6.45) is 4.04. The van der Waals surface area contributed by atoms with Crippen LogP contribution in [0.5, 0.6) is 0 Å². The van der Waals surface area contributed by atoms with Gasteiger partial charge in [0, 0.05) is 19.0 Å². The molecule has 1 aliphatic rings. The Morgan fingerprint density at radius 1 is 1.14 bits per heavy atom. The van der Waals surface area contributed by atoms with Gasteiger partial charge >= 0.3 is 0 Å². The Bertz CT molecular complexity index is 814. The number of rotatable bonds is 7. The number of nitrogens with one attached hydrogen (secondary N) is 1. The van der Waals surface area contributed by atoms with Crippen LogP contribution in [0, 0.1) is 17.2 Å². The van der Waals surface area contributed by atoms with Crippen LogP contribution in [0.2, 0.25) is 0 Å². The molecule has 0 atom stereocenters. The van der Waals surface area contributed by atoms with Crippen LogP contribution in [0.1, 0.15) is 43.7 Å². The average Bonchev–Trinajstić information content (AvgIpc) is 2.75. The molecule has 28 heavy (non-hydrogen) atoms. The second-order valence-corrected chi connectivity index (χ2v) is 7.55. The SMILES string of the molecule is CCCCNC(=O)C1CCN(Cc2ccc(-c3ccccc3C#N)cc2)CC1. The van der Waals surface area contributed by atoms with Gasteiger partial charge in [-0.3, -0.25) is 9.69 Å². The molecule has 146 valence electrons. The molecule has 1 N–H and O–H groups in total. The fraction of sp³-hybridized carbons (Fsp3) is 0.417. The summed E-state index contributed by atoms with van der Waals surface area (Å²) < 4.78 is 0. The van der Waals surface area contributed by atoms with Crippen molar-refractivity contribution >= 4 is 5.91 Å². The number of nitrogens with zero attached hydrogens (tertiary/aromatic N) is 2. The van der Waals surface area contributed by atoms with Crippen molar-refractivity contribution in [3.8, 4) is 17.2 Å². The van der Waals surface area contributed by atoms with E-state index in [0.717, 1.165) is 63.0 Å². The third-order valence-electron chi connectivity index (χ3n) is 5.51. The highest BCUT2D eigenvalue weighted by Crippen LogP contribution is 2.25. The highest BCUT2D eigenvalue weighted by atomic mass is 16.1. The molecule has 0 unspecified atom stereocenters. The van der Waals surface area contributed by atoms with E-state index in [1.165, 1.54) is 5.56 Å². The predicted molar refractivity (Wildman–Crippen MR) is 113 cm³/mol. The molecule has 3 rings (SSSR count). The van der Waals surface area contributed by atoms with Crippen molar-refractivity contribution < 1.29 is 4.79 Å². The minimum atomic E-state index is 0.165. The van der Waals surface area contributed by atoms with Crippen LogP contribution in [0.4, 0.5) is 0 Å². The summed E-state index contributed by atoms with van der Waals surface area (Å²) in [7, 11) is 0. The first kappa shape index (κ1) is 20.1. The Labute approximate surface area is 168 Å². The lowest BCUT2D eigenvalue weighted by atomic mass is 9.95. The van der Waals surface area contributed by atoms with Crippen molar-refractivity contribution in [2.75, 3.05) is 19.6 Å². The van der Waals surface area contributed by atoms with Crippen molar-refractivity contribution in [2.24, 2.45) is 5.92 Å². The molecule has 1 heterocycles. The van der Waals surface area contributed by atoms with Gasteiger partial charge in [0.1, 0.15) is 0 Å². The van der Waals surface area contributed by atoms with Crippen LogP contribution in [-0.2, 0) is 11.3 Å². The molecule has 1 fully saturated rings. The molecular formula is C24H29N3O. The maximum atomic E-state index is 12.2. The van der Waals surface area contributed by atoms with Gasteiger partial charge in [0.2, 0.25) is 5.91 Å². The molecule has 4 heteroatoms. The van der Waals surface area contributed by atoms with E-state index >= 15 is 0 Å². The van der Waals surface area contributed by atoms with Gasteiger partial charge in [-0.25, -0.2) is 0 Å². The zero-order valence-electron chi connectivity index (χ0n) is 16.7. The van der Waals surface area contributed by atoms with Gasteiger partial charge in [0.25, 0.3) is 0 Å². The lowest BCUT2D eigenvalue weighted by molar-refractivity contribution is -0.126. The maximum Gasteiger partial charge on any atom is 0.223 e. The highest BCUT2D eigenvalue weighted by molar-refractivity contribution is 5.78. The van der Waals surface area contributed by atoms with Gasteiger partial charge in [0.05, 0.1) is 11.6 Å². The topological polar surface area (TPSA) is 56.1 Å². The van der Waals surface area contributed by atoms with E-state index in [4.69, 9.17) is 0 Å². The Morgan fingerprint density at radius 2 is 1.86 bits per heavy atom. The molecule has 4 nitrogen and oxygen atoms in total. The van der Waals surface area contributed by atoms with Gasteiger partial charge in [-0.05, 0) is 55.1 Å². The van der Waals surface area contributed by atoms with Crippen LogP contribution in [0.3, 0.4) is 0 Å². The Kier molecular flexibility index (Phi) is 7.22. The molecule has 0 aliphatic carbocycles. The molecule has 0 bridgehead atoms. The number of amides is 1. The molecular weight excluding hydrogens is 346 g/mol. The van der Waals surface area contributed by atoms with E-state index in [-0.39, 0.29) is 11.8 Å². The molecule has 1 amide bonds. The van der Waals surface area contributed by atoms with Crippen LogP contribution < -0.4 is 5.32 Å². The monoisotopic (exact) mass is 375 g/mol. The zero-order valence-corrected chi connectivity index (χ0v) is 16.7. The summed E-state index contributed by atoms with van der Waals surface area (Å²) in [4.78, 5) is 14.6. The summed E-state index contributed by atoms with van der Waals surface area (Å²) in [5.41, 5.74) is 4.02. The van der Waals surface area contributed by atoms with Crippen LogP contribution in [0.25, 0.3) is 11.1 Å².